The number of carbonyl (C=O) groups excluding carboxylic acids is 2. The van der Waals surface area contributed by atoms with Crippen LogP contribution in [0.15, 0.2) is 60.2 Å². The molecule has 1 heterocycles. The minimum absolute atomic E-state index is 0.193. The van der Waals surface area contributed by atoms with Crippen LogP contribution in [-0.2, 0) is 0 Å². The third-order valence-electron chi connectivity index (χ3n) is 5.83. The van der Waals surface area contributed by atoms with Crippen molar-refractivity contribution in [3.8, 4) is 0 Å². The molecule has 34 heavy (non-hydrogen) atoms. The number of carbonyl (C=O) groups is 2. The minimum Gasteiger partial charge on any atom is -0.333 e. The first-order chi connectivity index (χ1) is 16.2. The molecule has 1 aliphatic heterocycles. The number of hydrogen-bond donors (Lipinski definition) is 1. The predicted molar refractivity (Wildman–Crippen MR) is 146 cm³/mol. The lowest BCUT2D eigenvalue weighted by atomic mass is 9.79. The Balaban J connectivity index is 0.000000321. The van der Waals surface area contributed by atoms with Gasteiger partial charge in [0.15, 0.2) is 0 Å². The van der Waals surface area contributed by atoms with Crippen molar-refractivity contribution in [2.75, 3.05) is 13.6 Å². The minimum atomic E-state index is -0.193. The van der Waals surface area contributed by atoms with Crippen LogP contribution in [0.25, 0.3) is 10.8 Å². The van der Waals surface area contributed by atoms with E-state index in [9.17, 15) is 9.59 Å². The van der Waals surface area contributed by atoms with Crippen molar-refractivity contribution < 1.29 is 9.59 Å². The molecule has 0 saturated carbocycles. The molecule has 2 amide bonds. The van der Waals surface area contributed by atoms with E-state index in [-0.39, 0.29) is 11.8 Å². The van der Waals surface area contributed by atoms with Crippen molar-refractivity contribution in [2.45, 2.75) is 67.7 Å². The van der Waals surface area contributed by atoms with Crippen LogP contribution in [0.1, 0.15) is 88.4 Å². The molecule has 4 nitrogen and oxygen atoms in total. The van der Waals surface area contributed by atoms with Gasteiger partial charge in [0, 0.05) is 23.1 Å². The molecule has 0 aliphatic carbocycles. The second-order valence-electron chi connectivity index (χ2n) is 9.60. The van der Waals surface area contributed by atoms with Crippen LogP contribution in [0.2, 0.25) is 0 Å². The van der Waals surface area contributed by atoms with Gasteiger partial charge in [0.1, 0.15) is 0 Å². The average molecular weight is 465 g/mol. The molecule has 0 radical (unpaired) electrons. The van der Waals surface area contributed by atoms with Crippen molar-refractivity contribution in [3.63, 3.8) is 0 Å². The van der Waals surface area contributed by atoms with Crippen LogP contribution < -0.4 is 5.73 Å². The van der Waals surface area contributed by atoms with E-state index in [1.165, 1.54) is 36.8 Å². The molecule has 186 valence electrons. The monoisotopic (exact) mass is 464 g/mol. The lowest BCUT2D eigenvalue weighted by molar-refractivity contribution is 0.0619. The summed E-state index contributed by atoms with van der Waals surface area (Å²) >= 11 is 0. The maximum atomic E-state index is 12.1. The molecule has 0 saturated heterocycles. The van der Waals surface area contributed by atoms with Gasteiger partial charge >= 0.3 is 0 Å². The van der Waals surface area contributed by atoms with Crippen LogP contribution in [0.5, 0.6) is 0 Å². The number of rotatable bonds is 6. The maximum absolute atomic E-state index is 12.1. The smallest absolute Gasteiger partial charge is 0.261 e. The van der Waals surface area contributed by atoms with E-state index in [0.29, 0.717) is 23.1 Å². The van der Waals surface area contributed by atoms with Crippen molar-refractivity contribution in [1.29, 1.82) is 0 Å². The number of nitrogens with two attached hydrogens (primary N) is 1. The summed E-state index contributed by atoms with van der Waals surface area (Å²) in [7, 11) is 1.50. The third kappa shape index (κ3) is 7.39. The van der Waals surface area contributed by atoms with E-state index in [0.717, 1.165) is 16.7 Å². The van der Waals surface area contributed by atoms with Crippen LogP contribution in [-0.4, -0.2) is 30.3 Å². The fraction of sp³-hybridized carbons (Fsp3) is 0.467. The quantitative estimate of drug-likeness (QED) is 0.358. The Hall–Kier alpha value is -2.72. The number of nitrogens with zero attached hydrogens (tertiary/aromatic N) is 1. The summed E-state index contributed by atoms with van der Waals surface area (Å²) in [6, 6.07) is 11.1. The lowest BCUT2D eigenvalue weighted by Crippen LogP contribution is -2.39. The van der Waals surface area contributed by atoms with Crippen molar-refractivity contribution in [3.05, 3.63) is 71.3 Å². The predicted octanol–water partition coefficient (Wildman–Crippen LogP) is 7.39. The Labute approximate surface area is 206 Å². The molecule has 0 fully saturated rings. The Bertz CT molecular complexity index is 961. The molecule has 2 aromatic rings. The highest BCUT2D eigenvalue weighted by molar-refractivity contribution is 6.25. The number of allylic oxidation sites excluding steroid dienone is 4. The highest BCUT2D eigenvalue weighted by atomic mass is 16.2. The van der Waals surface area contributed by atoms with Gasteiger partial charge in [0.05, 0.1) is 0 Å². The van der Waals surface area contributed by atoms with Crippen molar-refractivity contribution in [2.24, 2.45) is 17.1 Å². The second-order valence-corrected chi connectivity index (χ2v) is 9.60. The highest BCUT2D eigenvalue weighted by Crippen LogP contribution is 2.32. The van der Waals surface area contributed by atoms with Gasteiger partial charge in [0.2, 0.25) is 0 Å². The zero-order chi connectivity index (χ0) is 25.9. The van der Waals surface area contributed by atoms with Crippen LogP contribution >= 0.6 is 0 Å². The van der Waals surface area contributed by atoms with Crippen LogP contribution in [0.3, 0.4) is 0 Å². The first-order valence-corrected chi connectivity index (χ1v) is 12.4. The standard InChI is InChI=1S/C15H28.C14H11NO2.CH5N/c1-7-10-13(9-3)14(11-8-2)12-15(4,5)6;1-2-15-13(16)10-7-3-5-9-6-4-8-11(12(9)10)14(15)17;1-2/h7,9-10,14H,8,11-12H2,1-6H3;3-8H,2H2,1H3;2H2,1H3/b10-7-,13-9+;;. The summed E-state index contributed by atoms with van der Waals surface area (Å²) < 4.78 is 0. The molecular weight excluding hydrogens is 420 g/mol. The Kier molecular flexibility index (Phi) is 11.9. The number of hydrogen-bond acceptors (Lipinski definition) is 3. The maximum Gasteiger partial charge on any atom is 0.261 e. The molecule has 1 unspecified atom stereocenters. The fourth-order valence-corrected chi connectivity index (χ4v) is 4.50. The van der Waals surface area contributed by atoms with Gasteiger partial charge in [-0.15, -0.1) is 0 Å². The average Bonchev–Trinajstić information content (AvgIpc) is 2.82. The summed E-state index contributed by atoms with van der Waals surface area (Å²) in [6.07, 6.45) is 10.6. The molecule has 1 atom stereocenters. The molecule has 0 spiro atoms. The highest BCUT2D eigenvalue weighted by Gasteiger charge is 2.31. The molecule has 1 aliphatic rings. The summed E-state index contributed by atoms with van der Waals surface area (Å²) in [5.74, 6) is 0.347. The van der Waals surface area contributed by atoms with E-state index in [1.54, 1.807) is 12.1 Å². The Morgan fingerprint density at radius 1 is 0.971 bits per heavy atom. The summed E-state index contributed by atoms with van der Waals surface area (Å²) in [5.41, 5.74) is 7.68. The lowest BCUT2D eigenvalue weighted by Gasteiger charge is -2.26. The number of amides is 2. The molecule has 0 bridgehead atoms. The van der Waals surface area contributed by atoms with Gasteiger partial charge in [0.25, 0.3) is 11.8 Å². The summed E-state index contributed by atoms with van der Waals surface area (Å²) in [5, 5.41) is 1.73. The molecule has 2 aromatic carbocycles. The second kappa shape index (κ2) is 13.9. The summed E-state index contributed by atoms with van der Waals surface area (Å²) in [6.45, 7) is 15.7. The van der Waals surface area contributed by atoms with Crippen LogP contribution in [0, 0.1) is 11.3 Å². The molecule has 4 heteroatoms. The number of imide groups is 1. The van der Waals surface area contributed by atoms with Gasteiger partial charge in [-0.25, -0.2) is 0 Å². The normalized spacial score (nSPS) is 14.5. The van der Waals surface area contributed by atoms with E-state index >= 15 is 0 Å². The van der Waals surface area contributed by atoms with Gasteiger partial charge in [-0.05, 0) is 75.1 Å². The Morgan fingerprint density at radius 3 is 1.88 bits per heavy atom. The van der Waals surface area contributed by atoms with E-state index in [2.05, 4.69) is 65.5 Å². The van der Waals surface area contributed by atoms with E-state index in [1.807, 2.05) is 31.2 Å². The van der Waals surface area contributed by atoms with E-state index < -0.39 is 0 Å². The van der Waals surface area contributed by atoms with Gasteiger partial charge < -0.3 is 5.73 Å². The third-order valence-corrected chi connectivity index (χ3v) is 5.83. The SMILES string of the molecule is C/C=C\C(=C/C)C(CCC)CC(C)(C)C.CCN1C(=O)c2cccc3cccc(c23)C1=O.CN. The zero-order valence-electron chi connectivity index (χ0n) is 22.4. The first-order valence-electron chi connectivity index (χ1n) is 12.4. The molecular formula is C30H44N2O2. The van der Waals surface area contributed by atoms with Gasteiger partial charge in [-0.3, -0.25) is 14.5 Å². The topological polar surface area (TPSA) is 63.4 Å². The van der Waals surface area contributed by atoms with Crippen molar-refractivity contribution >= 4 is 22.6 Å². The van der Waals surface area contributed by atoms with Gasteiger partial charge in [-0.2, -0.15) is 0 Å². The van der Waals surface area contributed by atoms with Gasteiger partial charge in [-0.1, -0.05) is 76.6 Å². The van der Waals surface area contributed by atoms with Crippen molar-refractivity contribution in [1.82, 2.24) is 4.90 Å². The zero-order valence-corrected chi connectivity index (χ0v) is 22.4. The largest absolute Gasteiger partial charge is 0.333 e. The molecule has 0 aromatic heterocycles. The summed E-state index contributed by atoms with van der Waals surface area (Å²) in [4.78, 5) is 25.6. The molecule has 2 N–H and O–H groups in total. The molecule has 3 rings (SSSR count). The van der Waals surface area contributed by atoms with E-state index in [4.69, 9.17) is 0 Å². The Morgan fingerprint density at radius 2 is 1.50 bits per heavy atom. The van der Waals surface area contributed by atoms with Crippen LogP contribution in [0.4, 0.5) is 0 Å². The fourth-order valence-electron chi connectivity index (χ4n) is 4.50. The first kappa shape index (κ1) is 29.3. The number of benzene rings is 2.